The molecule has 0 saturated carbocycles. The molecular weight excluding hydrogens is 230 g/mol. The smallest absolute Gasteiger partial charge is 0.0385 e. The molecule has 1 nitrogen and oxygen atoms in total. The molecule has 90 valence electrons. The zero-order valence-electron chi connectivity index (χ0n) is 10.7. The summed E-state index contributed by atoms with van der Waals surface area (Å²) in [6.45, 7) is 1.98. The third-order valence-corrected chi connectivity index (χ3v) is 3.03. The van der Waals surface area contributed by atoms with Crippen LogP contribution in [-0.4, -0.2) is 4.98 Å². The highest BCUT2D eigenvalue weighted by molar-refractivity contribution is 5.88. The molecule has 3 rings (SSSR count). The summed E-state index contributed by atoms with van der Waals surface area (Å²) in [6.07, 6.45) is 1.79. The number of nitrogens with zero attached hydrogens (tertiary/aromatic N) is 1. The average Bonchev–Trinajstić information content (AvgIpc) is 2.45. The molecule has 0 aliphatic rings. The molecule has 19 heavy (non-hydrogen) atoms. The van der Waals surface area contributed by atoms with E-state index >= 15 is 0 Å². The lowest BCUT2D eigenvalue weighted by atomic mass is 10.0. The van der Waals surface area contributed by atoms with Crippen LogP contribution in [0.5, 0.6) is 0 Å². The highest BCUT2D eigenvalue weighted by Gasteiger charge is 1.96. The predicted molar refractivity (Wildman–Crippen MR) is 78.9 cm³/mol. The summed E-state index contributed by atoms with van der Waals surface area (Å²) in [4.78, 5) is 4.18. The van der Waals surface area contributed by atoms with Crippen molar-refractivity contribution in [3.05, 3.63) is 77.6 Å². The molecule has 0 radical (unpaired) electrons. The number of pyridine rings is 1. The molecule has 0 saturated heterocycles. The number of fused-ring (bicyclic) bond motifs is 1. The second-order valence-electron chi connectivity index (χ2n) is 4.46. The molecule has 0 fully saturated rings. The van der Waals surface area contributed by atoms with Crippen LogP contribution in [0.4, 0.5) is 0 Å². The van der Waals surface area contributed by atoms with Crippen LogP contribution in [0.2, 0.25) is 0 Å². The molecule has 0 unspecified atom stereocenters. The monoisotopic (exact) mass is 243 g/mol. The van der Waals surface area contributed by atoms with Crippen LogP contribution in [0.1, 0.15) is 16.8 Å². The minimum absolute atomic E-state index is 0.990. The number of hydrogen-bond acceptors (Lipinski definition) is 1. The van der Waals surface area contributed by atoms with E-state index in [0.29, 0.717) is 0 Å². The second kappa shape index (κ2) is 4.96. The molecule has 1 heteroatoms. The van der Waals surface area contributed by atoms with Gasteiger partial charge in [0.2, 0.25) is 0 Å². The van der Waals surface area contributed by atoms with Crippen molar-refractivity contribution in [1.29, 1.82) is 0 Å². The van der Waals surface area contributed by atoms with E-state index in [0.717, 1.165) is 16.8 Å². The van der Waals surface area contributed by atoms with Gasteiger partial charge >= 0.3 is 0 Å². The number of aryl methyl sites for hydroxylation is 1. The van der Waals surface area contributed by atoms with E-state index in [1.165, 1.54) is 10.8 Å². The Morgan fingerprint density at radius 2 is 1.74 bits per heavy atom. The van der Waals surface area contributed by atoms with Gasteiger partial charge in [-0.05, 0) is 35.9 Å². The molecule has 0 atom stereocenters. The number of rotatable bonds is 0. The highest BCUT2D eigenvalue weighted by atomic mass is 14.6. The Kier molecular flexibility index (Phi) is 3.00. The molecule has 1 aromatic heterocycles. The van der Waals surface area contributed by atoms with Gasteiger partial charge in [-0.15, -0.1) is 0 Å². The minimum Gasteiger partial charge on any atom is -0.262 e. The molecule has 0 aliphatic carbocycles. The van der Waals surface area contributed by atoms with Crippen molar-refractivity contribution >= 4 is 10.8 Å². The summed E-state index contributed by atoms with van der Waals surface area (Å²) in [7, 11) is 0. The van der Waals surface area contributed by atoms with E-state index in [1.807, 2.05) is 37.3 Å². The van der Waals surface area contributed by atoms with E-state index in [2.05, 4.69) is 41.1 Å². The van der Waals surface area contributed by atoms with E-state index in [4.69, 9.17) is 0 Å². The van der Waals surface area contributed by atoms with Gasteiger partial charge in [0.1, 0.15) is 0 Å². The Balaban J connectivity index is 2.07. The van der Waals surface area contributed by atoms with Crippen molar-refractivity contribution in [2.45, 2.75) is 6.92 Å². The summed E-state index contributed by atoms with van der Waals surface area (Å²) in [6, 6.07) is 18.5. The largest absolute Gasteiger partial charge is 0.262 e. The lowest BCUT2D eigenvalue weighted by Gasteiger charge is -1.99. The first-order chi connectivity index (χ1) is 9.33. The Labute approximate surface area is 112 Å². The number of benzene rings is 2. The van der Waals surface area contributed by atoms with E-state index in [1.54, 1.807) is 6.20 Å². The summed E-state index contributed by atoms with van der Waals surface area (Å²) in [5.41, 5.74) is 3.05. The topological polar surface area (TPSA) is 12.9 Å². The summed E-state index contributed by atoms with van der Waals surface area (Å²) >= 11 is 0. The Hall–Kier alpha value is -2.59. The van der Waals surface area contributed by atoms with Crippen LogP contribution in [0.25, 0.3) is 10.8 Å². The van der Waals surface area contributed by atoms with Crippen LogP contribution in [0.15, 0.2) is 60.8 Å². The van der Waals surface area contributed by atoms with Gasteiger partial charge in [-0.25, -0.2) is 0 Å². The SMILES string of the molecule is Cc1cc(C#Cc2cccc3ccccc23)ccn1. The fourth-order valence-electron chi connectivity index (χ4n) is 2.10. The third kappa shape index (κ3) is 2.48. The van der Waals surface area contributed by atoms with Crippen molar-refractivity contribution in [2.75, 3.05) is 0 Å². The van der Waals surface area contributed by atoms with E-state index in [9.17, 15) is 0 Å². The molecule has 0 N–H and O–H groups in total. The quantitative estimate of drug-likeness (QED) is 0.545. The van der Waals surface area contributed by atoms with Gasteiger partial charge in [-0.1, -0.05) is 48.2 Å². The third-order valence-electron chi connectivity index (χ3n) is 3.03. The first-order valence-corrected chi connectivity index (χ1v) is 6.25. The summed E-state index contributed by atoms with van der Waals surface area (Å²) in [5, 5.41) is 2.42. The lowest BCUT2D eigenvalue weighted by molar-refractivity contribution is 1.19. The molecule has 3 aromatic rings. The number of aromatic nitrogens is 1. The Morgan fingerprint density at radius 1 is 0.895 bits per heavy atom. The molecule has 0 aliphatic heterocycles. The van der Waals surface area contributed by atoms with Gasteiger partial charge in [0.05, 0.1) is 0 Å². The van der Waals surface area contributed by atoms with Gasteiger partial charge in [-0.3, -0.25) is 4.98 Å². The van der Waals surface area contributed by atoms with Crippen LogP contribution in [0, 0.1) is 18.8 Å². The number of hydrogen-bond donors (Lipinski definition) is 0. The van der Waals surface area contributed by atoms with Crippen LogP contribution < -0.4 is 0 Å². The van der Waals surface area contributed by atoms with Gasteiger partial charge in [0.25, 0.3) is 0 Å². The first kappa shape index (κ1) is 11.5. The molecule has 0 amide bonds. The van der Waals surface area contributed by atoms with Crippen molar-refractivity contribution in [2.24, 2.45) is 0 Å². The van der Waals surface area contributed by atoms with Crippen LogP contribution in [0.3, 0.4) is 0 Å². The minimum atomic E-state index is 0.990. The summed E-state index contributed by atoms with van der Waals surface area (Å²) < 4.78 is 0. The zero-order valence-corrected chi connectivity index (χ0v) is 10.7. The Bertz CT molecular complexity index is 786. The maximum Gasteiger partial charge on any atom is 0.0385 e. The average molecular weight is 243 g/mol. The van der Waals surface area contributed by atoms with E-state index in [-0.39, 0.29) is 0 Å². The normalized spacial score (nSPS) is 9.95. The van der Waals surface area contributed by atoms with Crippen LogP contribution in [-0.2, 0) is 0 Å². The van der Waals surface area contributed by atoms with Gasteiger partial charge < -0.3 is 0 Å². The molecule has 2 aromatic carbocycles. The maximum atomic E-state index is 4.18. The van der Waals surface area contributed by atoms with Gasteiger partial charge in [0, 0.05) is 23.0 Å². The zero-order chi connectivity index (χ0) is 13.1. The second-order valence-corrected chi connectivity index (χ2v) is 4.46. The fourth-order valence-corrected chi connectivity index (χ4v) is 2.10. The van der Waals surface area contributed by atoms with Crippen molar-refractivity contribution in [1.82, 2.24) is 4.98 Å². The predicted octanol–water partition coefficient (Wildman–Crippen LogP) is 3.94. The molecule has 0 bridgehead atoms. The lowest BCUT2D eigenvalue weighted by Crippen LogP contribution is -1.82. The maximum absolute atomic E-state index is 4.18. The van der Waals surface area contributed by atoms with Gasteiger partial charge in [-0.2, -0.15) is 0 Å². The van der Waals surface area contributed by atoms with Crippen LogP contribution >= 0.6 is 0 Å². The first-order valence-electron chi connectivity index (χ1n) is 6.25. The van der Waals surface area contributed by atoms with E-state index < -0.39 is 0 Å². The molecular formula is C18H13N. The molecule has 1 heterocycles. The highest BCUT2D eigenvalue weighted by Crippen LogP contribution is 2.17. The standard InChI is InChI=1S/C18H13N/c1-14-13-15(11-12-19-14)9-10-17-7-4-6-16-5-2-3-8-18(16)17/h2-8,11-13H,1H3. The van der Waals surface area contributed by atoms with Crippen molar-refractivity contribution in [3.63, 3.8) is 0 Å². The Morgan fingerprint density at radius 3 is 2.63 bits per heavy atom. The molecule has 0 spiro atoms. The van der Waals surface area contributed by atoms with Crippen molar-refractivity contribution in [3.8, 4) is 11.8 Å². The van der Waals surface area contributed by atoms with Gasteiger partial charge in [0.15, 0.2) is 0 Å². The summed E-state index contributed by atoms with van der Waals surface area (Å²) in [5.74, 6) is 6.46. The van der Waals surface area contributed by atoms with Crippen molar-refractivity contribution < 1.29 is 0 Å². The fraction of sp³-hybridized carbons (Fsp3) is 0.0556.